The molecule has 0 amide bonds. The molecule has 0 heterocycles. The molecule has 0 spiro atoms. The minimum Gasteiger partial charge on any atom is -0.497 e. The Balaban J connectivity index is 2.81. The Labute approximate surface area is 103 Å². The normalized spacial score (nSPS) is 14.2. The molecule has 2 N–H and O–H groups in total. The van der Waals surface area contributed by atoms with Crippen LogP contribution >= 0.6 is 0 Å². The van der Waals surface area contributed by atoms with E-state index in [1.54, 1.807) is 21.1 Å². The number of hydrogen-bond donors (Lipinski definition) is 2. The molecule has 0 aliphatic heterocycles. The van der Waals surface area contributed by atoms with E-state index in [1.807, 2.05) is 25.1 Å². The largest absolute Gasteiger partial charge is 0.497 e. The van der Waals surface area contributed by atoms with Crippen LogP contribution in [0.4, 0.5) is 0 Å². The zero-order valence-electron chi connectivity index (χ0n) is 10.9. The number of methoxy groups -OCH3 is 2. The van der Waals surface area contributed by atoms with Gasteiger partial charge in [-0.05, 0) is 19.9 Å². The lowest BCUT2D eigenvalue weighted by Gasteiger charge is -2.18. The van der Waals surface area contributed by atoms with Crippen LogP contribution in [-0.2, 0) is 0 Å². The molecule has 0 aliphatic carbocycles. The van der Waals surface area contributed by atoms with E-state index in [1.165, 1.54) is 0 Å². The number of ether oxygens (including phenoxy) is 2. The van der Waals surface area contributed by atoms with Gasteiger partial charge >= 0.3 is 0 Å². The predicted molar refractivity (Wildman–Crippen MR) is 67.6 cm³/mol. The van der Waals surface area contributed by atoms with Gasteiger partial charge in [0.1, 0.15) is 11.5 Å². The third-order valence-corrected chi connectivity index (χ3v) is 2.63. The van der Waals surface area contributed by atoms with Crippen LogP contribution in [0.3, 0.4) is 0 Å². The fourth-order valence-corrected chi connectivity index (χ4v) is 1.63. The van der Waals surface area contributed by atoms with Crippen molar-refractivity contribution in [1.29, 1.82) is 0 Å². The van der Waals surface area contributed by atoms with Gasteiger partial charge in [0.2, 0.25) is 0 Å². The van der Waals surface area contributed by atoms with Gasteiger partial charge in [-0.15, -0.1) is 0 Å². The molecular weight excluding hydrogens is 218 g/mol. The van der Waals surface area contributed by atoms with Crippen molar-refractivity contribution >= 4 is 0 Å². The van der Waals surface area contributed by atoms with Gasteiger partial charge in [0.05, 0.1) is 20.3 Å². The van der Waals surface area contributed by atoms with Gasteiger partial charge in [-0.2, -0.15) is 0 Å². The van der Waals surface area contributed by atoms with E-state index in [9.17, 15) is 5.11 Å². The van der Waals surface area contributed by atoms with Crippen molar-refractivity contribution in [1.82, 2.24) is 5.32 Å². The maximum absolute atomic E-state index is 9.24. The second-order valence-corrected chi connectivity index (χ2v) is 4.09. The molecule has 2 unspecified atom stereocenters. The number of aliphatic hydroxyl groups is 1. The summed E-state index contributed by atoms with van der Waals surface area (Å²) in [6, 6.07) is 5.84. The molecule has 4 nitrogen and oxygen atoms in total. The molecule has 0 aromatic heterocycles. The van der Waals surface area contributed by atoms with Gasteiger partial charge in [0.25, 0.3) is 0 Å². The summed E-state index contributed by atoms with van der Waals surface area (Å²) in [5.41, 5.74) is 1.05. The Morgan fingerprint density at radius 1 is 1.24 bits per heavy atom. The molecule has 0 saturated heterocycles. The maximum atomic E-state index is 9.24. The second kappa shape index (κ2) is 6.47. The quantitative estimate of drug-likeness (QED) is 0.794. The van der Waals surface area contributed by atoms with E-state index in [2.05, 4.69) is 5.32 Å². The zero-order chi connectivity index (χ0) is 12.8. The van der Waals surface area contributed by atoms with Gasteiger partial charge in [-0.3, -0.25) is 0 Å². The van der Waals surface area contributed by atoms with Crippen molar-refractivity contribution in [3.8, 4) is 11.5 Å². The van der Waals surface area contributed by atoms with Crippen LogP contribution in [-0.4, -0.2) is 32.0 Å². The smallest absolute Gasteiger partial charge is 0.127 e. The highest BCUT2D eigenvalue weighted by Crippen LogP contribution is 2.29. The van der Waals surface area contributed by atoms with Crippen molar-refractivity contribution in [2.45, 2.75) is 26.0 Å². The number of nitrogens with one attached hydrogen (secondary N) is 1. The minimum atomic E-state index is -0.360. The lowest BCUT2D eigenvalue weighted by Crippen LogP contribution is -2.27. The molecule has 0 fully saturated rings. The first-order valence-corrected chi connectivity index (χ1v) is 5.71. The number of benzene rings is 1. The lowest BCUT2D eigenvalue weighted by atomic mass is 10.1. The Hall–Kier alpha value is -1.26. The van der Waals surface area contributed by atoms with Crippen LogP contribution in [0.25, 0.3) is 0 Å². The summed E-state index contributed by atoms with van der Waals surface area (Å²) in [6.07, 6.45) is -0.360. The molecule has 0 aliphatic rings. The van der Waals surface area contributed by atoms with Crippen molar-refractivity contribution in [2.24, 2.45) is 0 Å². The molecule has 96 valence electrons. The Bertz CT molecular complexity index is 353. The Morgan fingerprint density at radius 3 is 2.47 bits per heavy atom. The van der Waals surface area contributed by atoms with Gasteiger partial charge < -0.3 is 19.9 Å². The highest BCUT2D eigenvalue weighted by Gasteiger charge is 2.12. The first kappa shape index (κ1) is 13.8. The van der Waals surface area contributed by atoms with E-state index in [4.69, 9.17) is 9.47 Å². The molecule has 1 aromatic rings. The number of aliphatic hydroxyl groups excluding tert-OH is 1. The molecule has 2 atom stereocenters. The first-order valence-electron chi connectivity index (χ1n) is 5.71. The van der Waals surface area contributed by atoms with Gasteiger partial charge in [-0.1, -0.05) is 6.07 Å². The van der Waals surface area contributed by atoms with Crippen LogP contribution < -0.4 is 14.8 Å². The van der Waals surface area contributed by atoms with Crippen LogP contribution in [0.1, 0.15) is 25.5 Å². The fourth-order valence-electron chi connectivity index (χ4n) is 1.63. The summed E-state index contributed by atoms with van der Waals surface area (Å²) >= 11 is 0. The molecule has 1 rings (SSSR count). The van der Waals surface area contributed by atoms with Crippen molar-refractivity contribution in [3.05, 3.63) is 23.8 Å². The van der Waals surface area contributed by atoms with Crippen molar-refractivity contribution < 1.29 is 14.6 Å². The van der Waals surface area contributed by atoms with Crippen LogP contribution in [0.2, 0.25) is 0 Å². The predicted octanol–water partition coefficient (Wildman–Crippen LogP) is 1.74. The van der Waals surface area contributed by atoms with Gasteiger partial charge in [0, 0.05) is 24.2 Å². The number of hydrogen-bond acceptors (Lipinski definition) is 4. The van der Waals surface area contributed by atoms with Crippen LogP contribution in [0.15, 0.2) is 18.2 Å². The van der Waals surface area contributed by atoms with E-state index in [0.717, 1.165) is 17.1 Å². The van der Waals surface area contributed by atoms with Crippen LogP contribution in [0, 0.1) is 0 Å². The standard InChI is InChI=1S/C13H21NO3/c1-9(15)8-14-10(2)12-6-5-11(16-3)7-13(12)17-4/h5-7,9-10,14-15H,8H2,1-4H3. The van der Waals surface area contributed by atoms with E-state index in [-0.39, 0.29) is 12.1 Å². The summed E-state index contributed by atoms with van der Waals surface area (Å²) in [4.78, 5) is 0. The fraction of sp³-hybridized carbons (Fsp3) is 0.538. The summed E-state index contributed by atoms with van der Waals surface area (Å²) < 4.78 is 10.5. The summed E-state index contributed by atoms with van der Waals surface area (Å²) in [5.74, 6) is 1.56. The molecule has 0 radical (unpaired) electrons. The SMILES string of the molecule is COc1ccc(C(C)NCC(C)O)c(OC)c1. The average molecular weight is 239 g/mol. The summed E-state index contributed by atoms with van der Waals surface area (Å²) in [6.45, 7) is 4.34. The molecule has 17 heavy (non-hydrogen) atoms. The monoisotopic (exact) mass is 239 g/mol. The summed E-state index contributed by atoms with van der Waals surface area (Å²) in [5, 5.41) is 12.5. The molecule has 0 saturated carbocycles. The molecule has 0 bridgehead atoms. The molecular formula is C13H21NO3. The Morgan fingerprint density at radius 2 is 1.94 bits per heavy atom. The molecule has 1 aromatic carbocycles. The summed E-state index contributed by atoms with van der Waals surface area (Å²) in [7, 11) is 3.27. The lowest BCUT2D eigenvalue weighted by molar-refractivity contribution is 0.187. The van der Waals surface area contributed by atoms with Crippen LogP contribution in [0.5, 0.6) is 11.5 Å². The molecule has 4 heteroatoms. The van der Waals surface area contributed by atoms with Gasteiger partial charge in [0.15, 0.2) is 0 Å². The average Bonchev–Trinajstić information content (AvgIpc) is 2.34. The third-order valence-electron chi connectivity index (χ3n) is 2.63. The van der Waals surface area contributed by atoms with E-state index < -0.39 is 0 Å². The Kier molecular flexibility index (Phi) is 5.25. The van der Waals surface area contributed by atoms with Crippen molar-refractivity contribution in [3.63, 3.8) is 0 Å². The third kappa shape index (κ3) is 3.91. The zero-order valence-corrected chi connectivity index (χ0v) is 10.9. The first-order chi connectivity index (χ1) is 8.08. The second-order valence-electron chi connectivity index (χ2n) is 4.09. The van der Waals surface area contributed by atoms with E-state index in [0.29, 0.717) is 6.54 Å². The number of rotatable bonds is 6. The van der Waals surface area contributed by atoms with E-state index >= 15 is 0 Å². The van der Waals surface area contributed by atoms with Gasteiger partial charge in [-0.25, -0.2) is 0 Å². The highest BCUT2D eigenvalue weighted by molar-refractivity contribution is 5.42. The topological polar surface area (TPSA) is 50.7 Å². The minimum absolute atomic E-state index is 0.116. The highest BCUT2D eigenvalue weighted by atomic mass is 16.5. The maximum Gasteiger partial charge on any atom is 0.127 e. The van der Waals surface area contributed by atoms with Crippen molar-refractivity contribution in [2.75, 3.05) is 20.8 Å².